The number of carboxylic acid groups (broad SMARTS) is 1. The smallest absolute Gasteiger partial charge is 0.475 e. The largest absolute Gasteiger partial charge is 0.490 e. The van der Waals surface area contributed by atoms with Crippen LogP contribution in [-0.4, -0.2) is 58.6 Å². The molecule has 4 heterocycles. The minimum atomic E-state index is -5.08. The first-order chi connectivity index (χ1) is 13.8. The van der Waals surface area contributed by atoms with E-state index < -0.39 is 12.1 Å². The SMILES string of the molecule is O=C(O)C(F)(F)F.O=C(c1ccco1)N1C[C@H]2CCCN(Cc3cccs3)[C@H]2C1. The molecule has 0 bridgehead atoms. The number of thiophene rings is 1. The molecule has 2 aromatic heterocycles. The summed E-state index contributed by atoms with van der Waals surface area (Å²) < 4.78 is 37.0. The number of fused-ring (bicyclic) bond motifs is 1. The second kappa shape index (κ2) is 9.00. The Hall–Kier alpha value is -2.33. The molecule has 1 N–H and O–H groups in total. The van der Waals surface area contributed by atoms with Crippen LogP contribution in [-0.2, 0) is 11.3 Å². The van der Waals surface area contributed by atoms with Crippen LogP contribution in [0.2, 0.25) is 0 Å². The minimum absolute atomic E-state index is 0.0375. The van der Waals surface area contributed by atoms with E-state index in [0.717, 1.165) is 26.2 Å². The number of aliphatic carboxylic acids is 1. The number of carboxylic acids is 1. The van der Waals surface area contributed by atoms with Crippen LogP contribution < -0.4 is 0 Å². The number of halogens is 3. The molecule has 0 aromatic carbocycles. The maximum absolute atomic E-state index is 12.5. The van der Waals surface area contributed by atoms with Gasteiger partial charge >= 0.3 is 12.1 Å². The van der Waals surface area contributed by atoms with Crippen LogP contribution in [0.15, 0.2) is 40.3 Å². The lowest BCUT2D eigenvalue weighted by Gasteiger charge is -2.36. The summed E-state index contributed by atoms with van der Waals surface area (Å²) in [5.41, 5.74) is 0. The molecule has 6 nitrogen and oxygen atoms in total. The Morgan fingerprint density at radius 3 is 2.59 bits per heavy atom. The highest BCUT2D eigenvalue weighted by molar-refractivity contribution is 7.09. The Bertz CT molecular complexity index is 808. The third-order valence-corrected chi connectivity index (χ3v) is 5.96. The predicted molar refractivity (Wildman–Crippen MR) is 99.5 cm³/mol. The van der Waals surface area contributed by atoms with E-state index in [0.29, 0.717) is 17.7 Å². The first-order valence-corrected chi connectivity index (χ1v) is 10.0. The molecule has 2 aliphatic rings. The van der Waals surface area contributed by atoms with Gasteiger partial charge in [0, 0.05) is 30.6 Å². The third-order valence-electron chi connectivity index (χ3n) is 5.10. The number of piperidine rings is 1. The average Bonchev–Trinajstić information content (AvgIpc) is 3.42. The zero-order chi connectivity index (χ0) is 21.0. The van der Waals surface area contributed by atoms with Crippen LogP contribution in [0.3, 0.4) is 0 Å². The molecule has 0 radical (unpaired) electrons. The molecule has 0 saturated carbocycles. The van der Waals surface area contributed by atoms with Gasteiger partial charge in [-0.1, -0.05) is 6.07 Å². The zero-order valence-electron chi connectivity index (χ0n) is 15.5. The van der Waals surface area contributed by atoms with Gasteiger partial charge in [0.25, 0.3) is 5.91 Å². The molecule has 2 aliphatic heterocycles. The van der Waals surface area contributed by atoms with Gasteiger partial charge in [0.2, 0.25) is 0 Å². The summed E-state index contributed by atoms with van der Waals surface area (Å²) in [7, 11) is 0. The number of rotatable bonds is 3. The molecule has 0 aliphatic carbocycles. The second-order valence-corrected chi connectivity index (χ2v) is 8.04. The van der Waals surface area contributed by atoms with E-state index in [4.69, 9.17) is 14.3 Å². The summed E-state index contributed by atoms with van der Waals surface area (Å²) in [5, 5.41) is 9.26. The van der Waals surface area contributed by atoms with Gasteiger partial charge in [0.15, 0.2) is 5.76 Å². The number of likely N-dealkylation sites (tertiary alicyclic amines) is 2. The van der Waals surface area contributed by atoms with Crippen LogP contribution in [0.4, 0.5) is 13.2 Å². The number of carbonyl (C=O) groups is 2. The fourth-order valence-corrected chi connectivity index (χ4v) is 4.52. The lowest BCUT2D eigenvalue weighted by Crippen LogP contribution is -2.44. The lowest BCUT2D eigenvalue weighted by atomic mass is 9.92. The first kappa shape index (κ1) is 21.4. The van der Waals surface area contributed by atoms with Crippen molar-refractivity contribution in [1.82, 2.24) is 9.80 Å². The van der Waals surface area contributed by atoms with Gasteiger partial charge in [-0.25, -0.2) is 4.79 Å². The number of carbonyl (C=O) groups excluding carboxylic acids is 1. The maximum atomic E-state index is 12.5. The highest BCUT2D eigenvalue weighted by Gasteiger charge is 2.41. The van der Waals surface area contributed by atoms with Crippen molar-refractivity contribution in [3.63, 3.8) is 0 Å². The topological polar surface area (TPSA) is 74.0 Å². The van der Waals surface area contributed by atoms with Crippen molar-refractivity contribution in [2.75, 3.05) is 19.6 Å². The number of furan rings is 1. The summed E-state index contributed by atoms with van der Waals surface area (Å²) in [6, 6.07) is 8.35. The minimum Gasteiger partial charge on any atom is -0.475 e. The van der Waals surface area contributed by atoms with Gasteiger partial charge in [0.1, 0.15) is 0 Å². The molecule has 29 heavy (non-hydrogen) atoms. The maximum Gasteiger partial charge on any atom is 0.490 e. The van der Waals surface area contributed by atoms with Crippen molar-refractivity contribution in [2.45, 2.75) is 31.6 Å². The summed E-state index contributed by atoms with van der Waals surface area (Å²) in [4.78, 5) is 27.3. The van der Waals surface area contributed by atoms with Crippen molar-refractivity contribution >= 4 is 23.2 Å². The van der Waals surface area contributed by atoms with Crippen LogP contribution in [0.5, 0.6) is 0 Å². The van der Waals surface area contributed by atoms with Crippen molar-refractivity contribution in [3.05, 3.63) is 46.5 Å². The number of alkyl halides is 3. The highest BCUT2D eigenvalue weighted by atomic mass is 32.1. The van der Waals surface area contributed by atoms with Gasteiger partial charge in [-0.3, -0.25) is 9.69 Å². The van der Waals surface area contributed by atoms with Crippen LogP contribution >= 0.6 is 11.3 Å². The second-order valence-electron chi connectivity index (χ2n) is 7.01. The van der Waals surface area contributed by atoms with E-state index in [-0.39, 0.29) is 5.91 Å². The van der Waals surface area contributed by atoms with E-state index in [2.05, 4.69) is 22.4 Å². The van der Waals surface area contributed by atoms with Gasteiger partial charge in [-0.05, 0) is 48.9 Å². The van der Waals surface area contributed by atoms with Crippen LogP contribution in [0.1, 0.15) is 28.3 Å². The van der Waals surface area contributed by atoms with E-state index in [9.17, 15) is 18.0 Å². The van der Waals surface area contributed by atoms with Crippen molar-refractivity contribution < 1.29 is 32.3 Å². The number of amides is 1. The summed E-state index contributed by atoms with van der Waals surface area (Å²) in [6.07, 6.45) is -1.05. The van der Waals surface area contributed by atoms with E-state index in [1.165, 1.54) is 17.7 Å². The molecule has 0 unspecified atom stereocenters. The predicted octanol–water partition coefficient (Wildman–Crippen LogP) is 3.71. The van der Waals surface area contributed by atoms with Crippen LogP contribution in [0.25, 0.3) is 0 Å². The number of hydrogen-bond acceptors (Lipinski definition) is 5. The Kier molecular flexibility index (Phi) is 6.63. The van der Waals surface area contributed by atoms with Crippen molar-refractivity contribution in [2.24, 2.45) is 5.92 Å². The average molecular weight is 430 g/mol. The standard InChI is InChI=1S/C17H20N2O2S.C2HF3O2/c20-17(16-6-2-8-21-16)19-10-13-4-1-7-18(15(13)12-19)11-14-5-3-9-22-14;3-2(4,5)1(6)7/h2-3,5-6,8-9,13,15H,1,4,7,10-12H2;(H,6,7)/t13-,15+;/m1./s1. The summed E-state index contributed by atoms with van der Waals surface area (Å²) in [5.74, 6) is -1.65. The Labute approximate surface area is 169 Å². The molecule has 158 valence electrons. The van der Waals surface area contributed by atoms with E-state index in [1.807, 2.05) is 16.2 Å². The molecule has 2 saturated heterocycles. The fraction of sp³-hybridized carbons (Fsp3) is 0.474. The quantitative estimate of drug-likeness (QED) is 0.804. The molecule has 2 aromatic rings. The van der Waals surface area contributed by atoms with Crippen LogP contribution in [0, 0.1) is 5.92 Å². The number of nitrogens with zero attached hydrogens (tertiary/aromatic N) is 2. The molecule has 10 heteroatoms. The zero-order valence-corrected chi connectivity index (χ0v) is 16.3. The highest BCUT2D eigenvalue weighted by Crippen LogP contribution is 2.32. The Morgan fingerprint density at radius 2 is 2.00 bits per heavy atom. The summed E-state index contributed by atoms with van der Waals surface area (Å²) >= 11 is 1.82. The molecular weight excluding hydrogens is 409 g/mol. The Balaban J connectivity index is 0.000000298. The third kappa shape index (κ3) is 5.39. The Morgan fingerprint density at radius 1 is 1.24 bits per heavy atom. The molecule has 4 rings (SSSR count). The molecule has 2 atom stereocenters. The van der Waals surface area contributed by atoms with Crippen molar-refractivity contribution in [1.29, 1.82) is 0 Å². The molecule has 1 amide bonds. The summed E-state index contributed by atoms with van der Waals surface area (Å²) in [6.45, 7) is 3.85. The van der Waals surface area contributed by atoms with E-state index >= 15 is 0 Å². The van der Waals surface area contributed by atoms with E-state index in [1.54, 1.807) is 18.4 Å². The molecule has 2 fully saturated rings. The fourth-order valence-electron chi connectivity index (χ4n) is 3.79. The van der Waals surface area contributed by atoms with Crippen molar-refractivity contribution in [3.8, 4) is 0 Å². The lowest BCUT2D eigenvalue weighted by molar-refractivity contribution is -0.192. The van der Waals surface area contributed by atoms with Gasteiger partial charge < -0.3 is 14.4 Å². The molecular formula is C19H21F3N2O4S. The van der Waals surface area contributed by atoms with Gasteiger partial charge in [-0.15, -0.1) is 11.3 Å². The monoisotopic (exact) mass is 430 g/mol. The van der Waals surface area contributed by atoms with Gasteiger partial charge in [0.05, 0.1) is 6.26 Å². The number of hydrogen-bond donors (Lipinski definition) is 1. The van der Waals surface area contributed by atoms with Gasteiger partial charge in [-0.2, -0.15) is 13.2 Å². The normalized spacial score (nSPS) is 22.0. The molecule has 0 spiro atoms. The first-order valence-electron chi connectivity index (χ1n) is 9.15.